The molecule has 2 aromatic rings. The lowest BCUT2D eigenvalue weighted by Gasteiger charge is -2.24. The number of aryl methyl sites for hydroxylation is 3. The van der Waals surface area contributed by atoms with Crippen molar-refractivity contribution in [1.29, 1.82) is 0 Å². The molecular weight excluding hydrogens is 263 g/mol. The van der Waals surface area contributed by atoms with Gasteiger partial charge in [-0.1, -0.05) is 24.3 Å². The predicted octanol–water partition coefficient (Wildman–Crippen LogP) is 4.43. The summed E-state index contributed by atoms with van der Waals surface area (Å²) in [5, 5.41) is 0. The Hall–Kier alpha value is -1.96. The fourth-order valence-corrected chi connectivity index (χ4v) is 3.43. The Morgan fingerprint density at radius 3 is 2.38 bits per heavy atom. The van der Waals surface area contributed by atoms with E-state index < -0.39 is 0 Å². The molecule has 0 fully saturated rings. The lowest BCUT2D eigenvalue weighted by molar-refractivity contribution is 0.0907. The van der Waals surface area contributed by atoms with Gasteiger partial charge in [-0.05, 0) is 67.5 Å². The number of fused-ring (bicyclic) bond motifs is 1. The van der Waals surface area contributed by atoms with Crippen LogP contribution in [0.2, 0.25) is 0 Å². The lowest BCUT2D eigenvalue weighted by atomic mass is 9.79. The van der Waals surface area contributed by atoms with Gasteiger partial charge in [0.2, 0.25) is 0 Å². The smallest absolute Gasteiger partial charge is 0.166 e. The molecule has 0 spiro atoms. The highest BCUT2D eigenvalue weighted by Gasteiger charge is 2.27. The molecule has 0 saturated carbocycles. The molecule has 1 unspecified atom stereocenters. The average molecular weight is 282 g/mol. The molecule has 3 rings (SSSR count). The van der Waals surface area contributed by atoms with Crippen LogP contribution in [0, 0.1) is 25.6 Å². The molecule has 0 N–H and O–H groups in total. The zero-order valence-electron chi connectivity index (χ0n) is 12.4. The molecule has 0 saturated heterocycles. The Morgan fingerprint density at radius 1 is 1.10 bits per heavy atom. The molecule has 108 valence electrons. The monoisotopic (exact) mass is 282 g/mol. The van der Waals surface area contributed by atoms with Crippen molar-refractivity contribution in [3.05, 3.63) is 70.0 Å². The van der Waals surface area contributed by atoms with E-state index in [0.29, 0.717) is 5.56 Å². The van der Waals surface area contributed by atoms with Crippen molar-refractivity contribution in [1.82, 2.24) is 0 Å². The molecule has 0 radical (unpaired) electrons. The van der Waals surface area contributed by atoms with Gasteiger partial charge < -0.3 is 0 Å². The van der Waals surface area contributed by atoms with E-state index >= 15 is 0 Å². The zero-order valence-corrected chi connectivity index (χ0v) is 12.4. The molecule has 2 aromatic carbocycles. The van der Waals surface area contributed by atoms with Crippen molar-refractivity contribution >= 4 is 5.78 Å². The number of halogens is 1. The summed E-state index contributed by atoms with van der Waals surface area (Å²) in [4.78, 5) is 12.8. The normalized spacial score (nSPS) is 17.4. The first-order valence-corrected chi connectivity index (χ1v) is 7.44. The van der Waals surface area contributed by atoms with Gasteiger partial charge in [0.15, 0.2) is 5.78 Å². The number of hydrogen-bond donors (Lipinski definition) is 0. The second-order valence-corrected chi connectivity index (χ2v) is 5.99. The molecule has 1 atom stereocenters. The van der Waals surface area contributed by atoms with E-state index in [1.165, 1.54) is 23.3 Å². The summed E-state index contributed by atoms with van der Waals surface area (Å²) in [6.07, 6.45) is 2.63. The van der Waals surface area contributed by atoms with Crippen LogP contribution in [-0.2, 0) is 12.8 Å². The second kappa shape index (κ2) is 5.44. The topological polar surface area (TPSA) is 17.1 Å². The minimum Gasteiger partial charge on any atom is -0.294 e. The van der Waals surface area contributed by atoms with Gasteiger partial charge in [-0.2, -0.15) is 0 Å². The maximum absolute atomic E-state index is 13.4. The van der Waals surface area contributed by atoms with E-state index in [1.807, 2.05) is 19.9 Å². The minimum atomic E-state index is -0.268. The first kappa shape index (κ1) is 14.0. The summed E-state index contributed by atoms with van der Waals surface area (Å²) in [6.45, 7) is 3.64. The Bertz CT molecular complexity index is 679. The van der Waals surface area contributed by atoms with Crippen LogP contribution in [0.1, 0.15) is 39.0 Å². The van der Waals surface area contributed by atoms with E-state index in [0.717, 1.165) is 30.4 Å². The van der Waals surface area contributed by atoms with Crippen LogP contribution in [-0.4, -0.2) is 5.78 Å². The van der Waals surface area contributed by atoms with Crippen LogP contribution in [0.25, 0.3) is 0 Å². The molecule has 1 aliphatic rings. The Kier molecular flexibility index (Phi) is 3.62. The molecular formula is C19H19FO. The number of benzene rings is 2. The third-order valence-corrected chi connectivity index (χ3v) is 4.46. The van der Waals surface area contributed by atoms with Gasteiger partial charge in [-0.25, -0.2) is 4.39 Å². The van der Waals surface area contributed by atoms with E-state index in [-0.39, 0.29) is 17.5 Å². The second-order valence-electron chi connectivity index (χ2n) is 5.99. The fourth-order valence-electron chi connectivity index (χ4n) is 3.43. The van der Waals surface area contributed by atoms with Gasteiger partial charge in [0.05, 0.1) is 0 Å². The molecule has 0 amide bonds. The van der Waals surface area contributed by atoms with Gasteiger partial charge in [-0.3, -0.25) is 4.79 Å². The highest BCUT2D eigenvalue weighted by molar-refractivity contribution is 6.00. The fraction of sp³-hybridized carbons (Fsp3) is 0.316. The maximum Gasteiger partial charge on any atom is 0.166 e. The van der Waals surface area contributed by atoms with Gasteiger partial charge in [0.1, 0.15) is 5.82 Å². The molecule has 2 heteroatoms. The summed E-state index contributed by atoms with van der Waals surface area (Å²) >= 11 is 0. The molecule has 0 heterocycles. The number of hydrogen-bond acceptors (Lipinski definition) is 1. The summed E-state index contributed by atoms with van der Waals surface area (Å²) in [5.74, 6) is -0.0854. The molecule has 1 nitrogen and oxygen atoms in total. The van der Waals surface area contributed by atoms with Crippen LogP contribution in [0.3, 0.4) is 0 Å². The van der Waals surface area contributed by atoms with Crippen LogP contribution in [0.15, 0.2) is 36.4 Å². The lowest BCUT2D eigenvalue weighted by Crippen LogP contribution is -2.24. The van der Waals surface area contributed by atoms with E-state index in [4.69, 9.17) is 0 Å². The number of carbonyl (C=O) groups is 1. The first-order valence-electron chi connectivity index (χ1n) is 7.44. The van der Waals surface area contributed by atoms with Crippen LogP contribution >= 0.6 is 0 Å². The maximum atomic E-state index is 13.4. The highest BCUT2D eigenvalue weighted by Crippen LogP contribution is 2.29. The number of ketones is 1. The number of carbonyl (C=O) groups excluding carboxylic acids is 1. The Labute approximate surface area is 124 Å². The van der Waals surface area contributed by atoms with Crippen molar-refractivity contribution < 1.29 is 9.18 Å². The van der Waals surface area contributed by atoms with Crippen LogP contribution in [0.4, 0.5) is 4.39 Å². The molecule has 0 bridgehead atoms. The third kappa shape index (κ3) is 2.63. The van der Waals surface area contributed by atoms with Gasteiger partial charge in [-0.15, -0.1) is 0 Å². The number of Topliss-reactive ketones (excluding diaryl/α,β-unsaturated/α-hetero) is 1. The SMILES string of the molecule is Cc1cc(F)cc(C)c1C(=O)C1CCc2ccccc2C1. The highest BCUT2D eigenvalue weighted by atomic mass is 19.1. The quantitative estimate of drug-likeness (QED) is 0.745. The average Bonchev–Trinajstić information content (AvgIpc) is 2.45. The van der Waals surface area contributed by atoms with E-state index in [9.17, 15) is 9.18 Å². The van der Waals surface area contributed by atoms with Gasteiger partial charge in [0, 0.05) is 11.5 Å². The first-order chi connectivity index (χ1) is 10.1. The van der Waals surface area contributed by atoms with Crippen molar-refractivity contribution in [2.75, 3.05) is 0 Å². The largest absolute Gasteiger partial charge is 0.294 e. The van der Waals surface area contributed by atoms with Crippen molar-refractivity contribution in [3.63, 3.8) is 0 Å². The van der Waals surface area contributed by atoms with Crippen molar-refractivity contribution in [2.24, 2.45) is 5.92 Å². The summed E-state index contributed by atoms with van der Waals surface area (Å²) < 4.78 is 13.4. The number of rotatable bonds is 2. The Balaban J connectivity index is 1.91. The third-order valence-electron chi connectivity index (χ3n) is 4.46. The van der Waals surface area contributed by atoms with Crippen LogP contribution < -0.4 is 0 Å². The van der Waals surface area contributed by atoms with Crippen molar-refractivity contribution in [3.8, 4) is 0 Å². The summed E-state index contributed by atoms with van der Waals surface area (Å²) in [5.41, 5.74) is 4.84. The van der Waals surface area contributed by atoms with Gasteiger partial charge in [0.25, 0.3) is 0 Å². The van der Waals surface area contributed by atoms with Gasteiger partial charge >= 0.3 is 0 Å². The zero-order chi connectivity index (χ0) is 15.0. The van der Waals surface area contributed by atoms with E-state index in [2.05, 4.69) is 18.2 Å². The Morgan fingerprint density at radius 2 is 1.71 bits per heavy atom. The predicted molar refractivity (Wildman–Crippen MR) is 82.2 cm³/mol. The molecule has 0 aliphatic heterocycles. The minimum absolute atomic E-state index is 0.0164. The van der Waals surface area contributed by atoms with Crippen LogP contribution in [0.5, 0.6) is 0 Å². The molecule has 21 heavy (non-hydrogen) atoms. The molecule has 0 aromatic heterocycles. The molecule has 1 aliphatic carbocycles. The summed E-state index contributed by atoms with van der Waals surface area (Å²) in [7, 11) is 0. The van der Waals surface area contributed by atoms with Crippen molar-refractivity contribution in [2.45, 2.75) is 33.1 Å². The summed E-state index contributed by atoms with van der Waals surface area (Å²) in [6, 6.07) is 11.2. The standard InChI is InChI=1S/C19H19FO/c1-12-9-17(20)10-13(2)18(12)19(21)16-8-7-14-5-3-4-6-15(14)11-16/h3-6,9-10,16H,7-8,11H2,1-2H3. The van der Waals surface area contributed by atoms with E-state index in [1.54, 1.807) is 0 Å².